The van der Waals surface area contributed by atoms with Crippen LogP contribution in [0.3, 0.4) is 0 Å². The van der Waals surface area contributed by atoms with E-state index in [0.29, 0.717) is 0 Å². The fourth-order valence-electron chi connectivity index (χ4n) is 3.12. The third kappa shape index (κ3) is 4.12. The molecule has 8 heteroatoms. The summed E-state index contributed by atoms with van der Waals surface area (Å²) >= 11 is 0. The largest absolute Gasteiger partial charge is 0.465 e. The van der Waals surface area contributed by atoms with Crippen LogP contribution in [0.5, 0.6) is 0 Å². The normalized spacial score (nSPS) is 28.3. The molecule has 0 bridgehead atoms. The lowest BCUT2D eigenvalue weighted by atomic mass is 9.79. The lowest BCUT2D eigenvalue weighted by molar-refractivity contribution is -0.173. The molecule has 8 nitrogen and oxygen atoms in total. The van der Waals surface area contributed by atoms with Crippen LogP contribution in [0.2, 0.25) is 0 Å². The summed E-state index contributed by atoms with van der Waals surface area (Å²) in [6.07, 6.45) is 1.02. The van der Waals surface area contributed by atoms with Gasteiger partial charge in [0, 0.05) is 32.6 Å². The van der Waals surface area contributed by atoms with Gasteiger partial charge in [-0.15, -0.1) is 0 Å². The van der Waals surface area contributed by atoms with Crippen molar-refractivity contribution in [2.45, 2.75) is 26.9 Å². The van der Waals surface area contributed by atoms with Crippen molar-refractivity contribution in [3.05, 3.63) is 11.6 Å². The van der Waals surface area contributed by atoms with Gasteiger partial charge in [-0.2, -0.15) is 0 Å². The summed E-state index contributed by atoms with van der Waals surface area (Å²) in [6, 6.07) is 0. The van der Waals surface area contributed by atoms with Gasteiger partial charge in [-0.05, 0) is 11.6 Å². The van der Waals surface area contributed by atoms with Crippen LogP contribution in [0.1, 0.15) is 20.8 Å². The van der Waals surface area contributed by atoms with Crippen molar-refractivity contribution < 1.29 is 38.1 Å². The molecule has 1 fully saturated rings. The van der Waals surface area contributed by atoms with E-state index >= 15 is 0 Å². The van der Waals surface area contributed by atoms with Crippen molar-refractivity contribution in [3.8, 4) is 0 Å². The Morgan fingerprint density at radius 2 is 1.79 bits per heavy atom. The summed E-state index contributed by atoms with van der Waals surface area (Å²) in [5.41, 5.74) is 0.724. The number of cyclic esters (lactones) is 1. The van der Waals surface area contributed by atoms with Crippen molar-refractivity contribution in [1.29, 1.82) is 0 Å². The van der Waals surface area contributed by atoms with Crippen LogP contribution in [-0.4, -0.2) is 49.8 Å². The first-order valence-corrected chi connectivity index (χ1v) is 7.60. The molecule has 0 aromatic rings. The van der Waals surface area contributed by atoms with Crippen LogP contribution in [-0.2, 0) is 38.1 Å². The van der Waals surface area contributed by atoms with Gasteiger partial charge in [0.25, 0.3) is 0 Å². The van der Waals surface area contributed by atoms with Gasteiger partial charge in [-0.25, -0.2) is 0 Å². The number of hydrogen-bond donors (Lipinski definition) is 0. The molecule has 1 aliphatic carbocycles. The average Bonchev–Trinajstić information content (AvgIpc) is 2.81. The van der Waals surface area contributed by atoms with Gasteiger partial charge >= 0.3 is 23.9 Å². The molecule has 0 unspecified atom stereocenters. The monoisotopic (exact) mass is 340 g/mol. The van der Waals surface area contributed by atoms with Gasteiger partial charge in [0.15, 0.2) is 0 Å². The summed E-state index contributed by atoms with van der Waals surface area (Å²) in [7, 11) is 0. The summed E-state index contributed by atoms with van der Waals surface area (Å²) in [4.78, 5) is 45.5. The fourth-order valence-corrected chi connectivity index (χ4v) is 3.12. The molecule has 24 heavy (non-hydrogen) atoms. The predicted molar refractivity (Wildman–Crippen MR) is 78.3 cm³/mol. The zero-order valence-corrected chi connectivity index (χ0v) is 13.8. The zero-order chi connectivity index (χ0) is 17.9. The van der Waals surface area contributed by atoms with Crippen LogP contribution < -0.4 is 0 Å². The first-order chi connectivity index (χ1) is 11.3. The number of esters is 4. The highest BCUT2D eigenvalue weighted by molar-refractivity contribution is 5.75. The molecular weight excluding hydrogens is 320 g/mol. The van der Waals surface area contributed by atoms with Crippen molar-refractivity contribution in [2.24, 2.45) is 17.8 Å². The zero-order valence-electron chi connectivity index (χ0n) is 13.8. The molecule has 0 radical (unpaired) electrons. The molecule has 2 aliphatic rings. The molecule has 4 atom stereocenters. The second-order valence-electron chi connectivity index (χ2n) is 5.82. The highest BCUT2D eigenvalue weighted by atomic mass is 16.6. The van der Waals surface area contributed by atoms with Gasteiger partial charge in [0.2, 0.25) is 0 Å². The Kier molecular flexibility index (Phi) is 5.58. The average molecular weight is 340 g/mol. The van der Waals surface area contributed by atoms with Gasteiger partial charge in [0.05, 0.1) is 12.5 Å². The third-order valence-electron chi connectivity index (χ3n) is 4.08. The van der Waals surface area contributed by atoms with Crippen LogP contribution in [0.15, 0.2) is 11.6 Å². The van der Waals surface area contributed by atoms with Crippen molar-refractivity contribution in [2.75, 3.05) is 19.8 Å². The quantitative estimate of drug-likeness (QED) is 0.402. The van der Waals surface area contributed by atoms with Gasteiger partial charge in [0.1, 0.15) is 19.3 Å². The topological polar surface area (TPSA) is 105 Å². The van der Waals surface area contributed by atoms with Gasteiger partial charge in [-0.1, -0.05) is 0 Å². The van der Waals surface area contributed by atoms with E-state index in [1.807, 2.05) is 0 Å². The van der Waals surface area contributed by atoms with E-state index in [1.165, 1.54) is 20.8 Å². The summed E-state index contributed by atoms with van der Waals surface area (Å²) < 4.78 is 20.4. The lowest BCUT2D eigenvalue weighted by Crippen LogP contribution is -2.45. The molecule has 0 aromatic heterocycles. The molecule has 1 aliphatic heterocycles. The molecule has 0 amide bonds. The molecule has 0 aromatic carbocycles. The minimum atomic E-state index is -0.747. The van der Waals surface area contributed by atoms with E-state index < -0.39 is 41.8 Å². The predicted octanol–water partition coefficient (Wildman–Crippen LogP) is 0.390. The molecule has 0 spiro atoms. The van der Waals surface area contributed by atoms with E-state index in [2.05, 4.69) is 0 Å². The minimum Gasteiger partial charge on any atom is -0.465 e. The Hall–Kier alpha value is -2.38. The number of hydrogen-bond acceptors (Lipinski definition) is 8. The van der Waals surface area contributed by atoms with Crippen LogP contribution in [0, 0.1) is 17.8 Å². The maximum absolute atomic E-state index is 12.1. The number of rotatable bonds is 5. The van der Waals surface area contributed by atoms with E-state index in [0.717, 1.165) is 5.57 Å². The maximum Gasteiger partial charge on any atom is 0.312 e. The van der Waals surface area contributed by atoms with E-state index in [9.17, 15) is 19.2 Å². The molecule has 2 rings (SSSR count). The highest BCUT2D eigenvalue weighted by Gasteiger charge is 2.50. The second-order valence-corrected chi connectivity index (χ2v) is 5.82. The molecule has 0 N–H and O–H groups in total. The SMILES string of the molecule is CC(=O)OCC1=C[C@H](OC(C)=O)[C@@H]2[C@H](COC(C)=O)C(=O)OC[C@H]12. The van der Waals surface area contributed by atoms with Crippen LogP contribution in [0.25, 0.3) is 0 Å². The Labute approximate surface area is 139 Å². The summed E-state index contributed by atoms with van der Waals surface area (Å²) in [6.45, 7) is 3.79. The van der Waals surface area contributed by atoms with E-state index in [4.69, 9.17) is 18.9 Å². The molecule has 1 heterocycles. The fraction of sp³-hybridized carbons (Fsp3) is 0.625. The second kappa shape index (κ2) is 7.46. The van der Waals surface area contributed by atoms with Crippen molar-refractivity contribution >= 4 is 23.9 Å². The third-order valence-corrected chi connectivity index (χ3v) is 4.08. The highest BCUT2D eigenvalue weighted by Crippen LogP contribution is 2.42. The Bertz CT molecular complexity index is 579. The molecule has 1 saturated heterocycles. The lowest BCUT2D eigenvalue weighted by Gasteiger charge is -2.35. The Balaban J connectivity index is 2.21. The van der Waals surface area contributed by atoms with E-state index in [-0.39, 0.29) is 25.7 Å². The summed E-state index contributed by atoms with van der Waals surface area (Å²) in [5, 5.41) is 0. The number of fused-ring (bicyclic) bond motifs is 1. The number of carbonyl (C=O) groups excluding carboxylic acids is 4. The first kappa shape index (κ1) is 18.0. The Morgan fingerprint density at radius 3 is 2.38 bits per heavy atom. The maximum atomic E-state index is 12.1. The van der Waals surface area contributed by atoms with Gasteiger partial charge in [-0.3, -0.25) is 19.2 Å². The molecule has 132 valence electrons. The van der Waals surface area contributed by atoms with Crippen molar-refractivity contribution in [1.82, 2.24) is 0 Å². The van der Waals surface area contributed by atoms with Crippen molar-refractivity contribution in [3.63, 3.8) is 0 Å². The number of carbonyl (C=O) groups is 4. The van der Waals surface area contributed by atoms with E-state index in [1.54, 1.807) is 6.08 Å². The standard InChI is InChI=1S/C16H20O8/c1-8(17)21-5-11-4-14(24-10(3)19)15-12(11)6-23-16(20)13(15)7-22-9(2)18/h4,12-15H,5-7H2,1-3H3/t12-,13+,14+,15+/m1/s1. The van der Waals surface area contributed by atoms with Gasteiger partial charge < -0.3 is 18.9 Å². The number of ether oxygens (including phenoxy) is 4. The molecular formula is C16H20O8. The minimum absolute atomic E-state index is 0.0338. The summed E-state index contributed by atoms with van der Waals surface area (Å²) in [5.74, 6) is -3.37. The first-order valence-electron chi connectivity index (χ1n) is 7.60. The molecule has 0 saturated carbocycles. The van der Waals surface area contributed by atoms with Crippen LogP contribution in [0.4, 0.5) is 0 Å². The smallest absolute Gasteiger partial charge is 0.312 e. The Morgan fingerprint density at radius 1 is 1.12 bits per heavy atom. The van der Waals surface area contributed by atoms with Crippen LogP contribution >= 0.6 is 0 Å².